The van der Waals surface area contributed by atoms with E-state index in [1.165, 1.54) is 12.1 Å². The first-order valence-electron chi connectivity index (χ1n) is 10.0. The number of aliphatic hydroxyl groups is 3. The highest BCUT2D eigenvalue weighted by molar-refractivity contribution is 6.02. The number of rotatable bonds is 4. The molecule has 33 heavy (non-hydrogen) atoms. The number of benzene rings is 2. The maximum Gasteiger partial charge on any atom is 0.335 e. The molecule has 2 aliphatic heterocycles. The number of aryl methyl sites for hydroxylation is 1. The van der Waals surface area contributed by atoms with Crippen LogP contribution in [-0.4, -0.2) is 73.1 Å². The molecule has 2 heterocycles. The van der Waals surface area contributed by atoms with Crippen molar-refractivity contribution in [1.82, 2.24) is 0 Å². The Kier molecular flexibility index (Phi) is 5.89. The maximum atomic E-state index is 12.6. The highest BCUT2D eigenvalue weighted by Crippen LogP contribution is 2.42. The summed E-state index contributed by atoms with van der Waals surface area (Å²) in [7, 11) is 0. The predicted molar refractivity (Wildman–Crippen MR) is 108 cm³/mol. The van der Waals surface area contributed by atoms with Gasteiger partial charge in [0.15, 0.2) is 11.9 Å². The third kappa shape index (κ3) is 4.18. The summed E-state index contributed by atoms with van der Waals surface area (Å²) < 4.78 is 16.6. The highest BCUT2D eigenvalue weighted by atomic mass is 16.7. The molecule has 2 aromatic carbocycles. The molecule has 11 heteroatoms. The van der Waals surface area contributed by atoms with Gasteiger partial charge in [0.1, 0.15) is 53.0 Å². The topological polar surface area (TPSA) is 183 Å². The molecule has 4 rings (SSSR count). The molecular weight excluding hydrogens is 440 g/mol. The number of carboxylic acids is 1. The van der Waals surface area contributed by atoms with Crippen molar-refractivity contribution in [2.45, 2.75) is 50.2 Å². The molecule has 0 aromatic heterocycles. The SMILES string of the molecule is Cc1ccc([C@@H]2CC(=O)c3c(O)cc(O)cc3O2)cc1O[C@@H]1O[C@H](C(=O)O)[C@@H](O)[C@H](O)[C@H]1O. The number of carbonyl (C=O) groups excluding carboxylic acids is 1. The van der Waals surface area contributed by atoms with Crippen LogP contribution >= 0.6 is 0 Å². The van der Waals surface area contributed by atoms with Crippen molar-refractivity contribution >= 4 is 11.8 Å². The van der Waals surface area contributed by atoms with E-state index in [1.54, 1.807) is 19.1 Å². The van der Waals surface area contributed by atoms with Crippen LogP contribution in [0.2, 0.25) is 0 Å². The molecule has 0 unspecified atom stereocenters. The molecule has 0 radical (unpaired) electrons. The Bertz CT molecular complexity index is 1100. The fraction of sp³-hybridized carbons (Fsp3) is 0.364. The lowest BCUT2D eigenvalue weighted by molar-refractivity contribution is -0.271. The second-order valence-corrected chi connectivity index (χ2v) is 7.95. The van der Waals surface area contributed by atoms with Crippen LogP contribution in [0.3, 0.4) is 0 Å². The molecule has 176 valence electrons. The molecule has 0 spiro atoms. The first kappa shape index (κ1) is 22.8. The van der Waals surface area contributed by atoms with Crippen molar-refractivity contribution in [2.24, 2.45) is 0 Å². The van der Waals surface area contributed by atoms with Crippen molar-refractivity contribution in [3.05, 3.63) is 47.0 Å². The molecule has 0 saturated carbocycles. The molecule has 1 fully saturated rings. The number of aliphatic hydroxyl groups excluding tert-OH is 3. The summed E-state index contributed by atoms with van der Waals surface area (Å²) in [5.74, 6) is -2.42. The van der Waals surface area contributed by atoms with E-state index in [4.69, 9.17) is 14.2 Å². The average Bonchev–Trinajstić information content (AvgIpc) is 2.74. The van der Waals surface area contributed by atoms with E-state index in [1.807, 2.05) is 0 Å². The molecule has 0 aliphatic carbocycles. The Morgan fingerprint density at radius 1 is 1.06 bits per heavy atom. The van der Waals surface area contributed by atoms with Gasteiger partial charge in [-0.3, -0.25) is 4.79 Å². The fourth-order valence-electron chi connectivity index (χ4n) is 3.83. The standard InChI is InChI=1S/C22H22O11/c1-8-2-3-9(14-7-12(25)16-11(24)5-10(23)6-15(16)31-14)4-13(8)32-22-19(28)17(26)18(27)20(33-22)21(29)30/h2-6,14,17-20,22-24,26-28H,7H2,1H3,(H,29,30)/t14-,17-,18-,19+,20-,22+/m0/s1. The summed E-state index contributed by atoms with van der Waals surface area (Å²) in [5.41, 5.74) is 1.02. The van der Waals surface area contributed by atoms with Gasteiger partial charge in [0, 0.05) is 12.1 Å². The van der Waals surface area contributed by atoms with Crippen LogP contribution in [0.1, 0.15) is 34.0 Å². The van der Waals surface area contributed by atoms with Crippen LogP contribution in [0, 0.1) is 6.92 Å². The van der Waals surface area contributed by atoms with Gasteiger partial charge in [-0.2, -0.15) is 0 Å². The van der Waals surface area contributed by atoms with E-state index in [2.05, 4.69) is 0 Å². The van der Waals surface area contributed by atoms with E-state index in [0.717, 1.165) is 6.07 Å². The van der Waals surface area contributed by atoms with Crippen LogP contribution in [0.15, 0.2) is 30.3 Å². The van der Waals surface area contributed by atoms with Crippen LogP contribution in [0.5, 0.6) is 23.0 Å². The summed E-state index contributed by atoms with van der Waals surface area (Å²) in [5, 5.41) is 58.9. The van der Waals surface area contributed by atoms with E-state index in [0.29, 0.717) is 11.1 Å². The number of carboxylic acid groups (broad SMARTS) is 1. The number of Topliss-reactive ketones (excluding diaryl/α,β-unsaturated/α-hetero) is 1. The number of hydrogen-bond donors (Lipinski definition) is 6. The number of phenols is 2. The third-order valence-electron chi connectivity index (χ3n) is 5.63. The number of aliphatic carboxylic acids is 1. The number of hydrogen-bond acceptors (Lipinski definition) is 10. The van der Waals surface area contributed by atoms with Gasteiger partial charge in [0.25, 0.3) is 0 Å². The molecule has 2 aromatic rings. The largest absolute Gasteiger partial charge is 0.508 e. The highest BCUT2D eigenvalue weighted by Gasteiger charge is 2.48. The smallest absolute Gasteiger partial charge is 0.335 e. The lowest BCUT2D eigenvalue weighted by atomic mass is 9.94. The Morgan fingerprint density at radius 2 is 1.79 bits per heavy atom. The van der Waals surface area contributed by atoms with Crippen molar-refractivity contribution in [3.8, 4) is 23.0 Å². The Balaban J connectivity index is 1.60. The Hall–Kier alpha value is -3.38. The number of ether oxygens (including phenoxy) is 3. The molecule has 0 amide bonds. The van der Waals surface area contributed by atoms with E-state index < -0.39 is 54.3 Å². The maximum absolute atomic E-state index is 12.6. The fourth-order valence-corrected chi connectivity index (χ4v) is 3.83. The van der Waals surface area contributed by atoms with Gasteiger partial charge in [-0.05, 0) is 24.1 Å². The minimum atomic E-state index is -1.85. The zero-order chi connectivity index (χ0) is 24.0. The molecule has 2 aliphatic rings. The molecule has 6 atom stereocenters. The second kappa shape index (κ2) is 8.52. The summed E-state index contributed by atoms with van der Waals surface area (Å²) in [4.78, 5) is 23.9. The van der Waals surface area contributed by atoms with Crippen molar-refractivity contribution in [3.63, 3.8) is 0 Å². The van der Waals surface area contributed by atoms with Gasteiger partial charge < -0.3 is 44.8 Å². The summed E-state index contributed by atoms with van der Waals surface area (Å²) >= 11 is 0. The minimum absolute atomic E-state index is 0.0178. The zero-order valence-corrected chi connectivity index (χ0v) is 17.3. The Morgan fingerprint density at radius 3 is 2.48 bits per heavy atom. The van der Waals surface area contributed by atoms with Crippen LogP contribution < -0.4 is 9.47 Å². The number of aromatic hydroxyl groups is 2. The van der Waals surface area contributed by atoms with Crippen molar-refractivity contribution in [1.29, 1.82) is 0 Å². The zero-order valence-electron chi connectivity index (χ0n) is 17.3. The Labute approximate surface area is 187 Å². The molecule has 6 N–H and O–H groups in total. The van der Waals surface area contributed by atoms with Gasteiger partial charge >= 0.3 is 5.97 Å². The summed E-state index contributed by atoms with van der Waals surface area (Å²) in [6.45, 7) is 1.67. The third-order valence-corrected chi connectivity index (χ3v) is 5.63. The first-order valence-corrected chi connectivity index (χ1v) is 10.0. The van der Waals surface area contributed by atoms with Gasteiger partial charge in [-0.25, -0.2) is 4.79 Å². The van der Waals surface area contributed by atoms with Gasteiger partial charge in [0.2, 0.25) is 6.29 Å². The van der Waals surface area contributed by atoms with Crippen LogP contribution in [-0.2, 0) is 9.53 Å². The monoisotopic (exact) mass is 462 g/mol. The molecular formula is C22H22O11. The van der Waals surface area contributed by atoms with Gasteiger partial charge in [0.05, 0.1) is 6.42 Å². The average molecular weight is 462 g/mol. The first-order chi connectivity index (χ1) is 15.6. The predicted octanol–water partition coefficient (Wildman–Crippen LogP) is 0.384. The number of ketones is 1. The number of carbonyl (C=O) groups is 2. The van der Waals surface area contributed by atoms with Crippen molar-refractivity contribution in [2.75, 3.05) is 0 Å². The van der Waals surface area contributed by atoms with E-state index in [-0.39, 0.29) is 29.2 Å². The summed E-state index contributed by atoms with van der Waals surface area (Å²) in [6.07, 6.45) is -9.70. The number of phenolic OH excluding ortho intramolecular Hbond substituents is 2. The lowest BCUT2D eigenvalue weighted by Gasteiger charge is -2.38. The number of fused-ring (bicyclic) bond motifs is 1. The molecule has 1 saturated heterocycles. The summed E-state index contributed by atoms with van der Waals surface area (Å²) in [6, 6.07) is 7.08. The molecule has 0 bridgehead atoms. The second-order valence-electron chi connectivity index (χ2n) is 7.95. The van der Waals surface area contributed by atoms with E-state index in [9.17, 15) is 40.2 Å². The van der Waals surface area contributed by atoms with Gasteiger partial charge in [-0.1, -0.05) is 12.1 Å². The van der Waals surface area contributed by atoms with Crippen LogP contribution in [0.4, 0.5) is 0 Å². The normalized spacial score (nSPS) is 29.2. The van der Waals surface area contributed by atoms with Crippen molar-refractivity contribution < 1.29 is 54.4 Å². The minimum Gasteiger partial charge on any atom is -0.508 e. The van der Waals surface area contributed by atoms with E-state index >= 15 is 0 Å². The van der Waals surface area contributed by atoms with Gasteiger partial charge in [-0.15, -0.1) is 0 Å². The molecule has 11 nitrogen and oxygen atoms in total. The van der Waals surface area contributed by atoms with Crippen LogP contribution in [0.25, 0.3) is 0 Å². The lowest BCUT2D eigenvalue weighted by Crippen LogP contribution is -2.61. The quantitative estimate of drug-likeness (QED) is 0.369.